The number of hydrogen-bond acceptors (Lipinski definition) is 6. The average molecular weight is 389 g/mol. The van der Waals surface area contributed by atoms with Gasteiger partial charge >= 0.3 is 0 Å². The molecule has 0 radical (unpaired) electrons. The highest BCUT2D eigenvalue weighted by Crippen LogP contribution is 2.30. The van der Waals surface area contributed by atoms with Crippen molar-refractivity contribution in [1.29, 1.82) is 0 Å². The number of aromatic nitrogens is 2. The zero-order chi connectivity index (χ0) is 20.2. The Balaban J connectivity index is 1.57. The van der Waals surface area contributed by atoms with Crippen molar-refractivity contribution in [1.82, 2.24) is 15.4 Å². The van der Waals surface area contributed by atoms with Crippen LogP contribution in [-0.2, 0) is 6.42 Å². The number of aryl methyl sites for hydroxylation is 1. The summed E-state index contributed by atoms with van der Waals surface area (Å²) in [5.74, 6) is 0.617. The number of rotatable bonds is 4. The molecule has 0 atom stereocenters. The molecular formula is C21H19N5O3. The number of hydrazone groups is 1. The van der Waals surface area contributed by atoms with Gasteiger partial charge in [0.25, 0.3) is 11.8 Å². The van der Waals surface area contributed by atoms with E-state index in [-0.39, 0.29) is 23.3 Å². The lowest BCUT2D eigenvalue weighted by Crippen LogP contribution is -2.22. The number of fused-ring (bicyclic) bond motifs is 1. The lowest BCUT2D eigenvalue weighted by Gasteiger charge is -2.13. The summed E-state index contributed by atoms with van der Waals surface area (Å²) in [5, 5.41) is 7.02. The third kappa shape index (κ3) is 3.91. The van der Waals surface area contributed by atoms with Crippen molar-refractivity contribution in [2.45, 2.75) is 26.2 Å². The van der Waals surface area contributed by atoms with Gasteiger partial charge in [0.05, 0.1) is 5.71 Å². The van der Waals surface area contributed by atoms with E-state index in [1.165, 1.54) is 0 Å². The maximum absolute atomic E-state index is 12.6. The van der Waals surface area contributed by atoms with Gasteiger partial charge in [-0.1, -0.05) is 12.1 Å². The van der Waals surface area contributed by atoms with Gasteiger partial charge in [-0.2, -0.15) is 5.10 Å². The Hall–Kier alpha value is -3.81. The van der Waals surface area contributed by atoms with Crippen LogP contribution in [0.25, 0.3) is 0 Å². The van der Waals surface area contributed by atoms with Crippen molar-refractivity contribution in [3.63, 3.8) is 0 Å². The Kier molecular flexibility index (Phi) is 5.15. The Bertz CT molecular complexity index is 1070. The molecule has 1 aliphatic carbocycles. The van der Waals surface area contributed by atoms with E-state index in [4.69, 9.17) is 4.42 Å². The maximum Gasteiger partial charge on any atom is 0.292 e. The SMILES string of the molecule is Cc1c(C(=O)Nc2ccccn2)oc2c1/C(=N/NC(=O)c1ccccn1)CCC2. The number of hydrogen-bond donors (Lipinski definition) is 2. The number of amides is 2. The molecule has 0 unspecified atom stereocenters. The standard InChI is InChI=1S/C21H19N5O3/c1-13-18-14(25-26-20(27)15-7-2-4-11-22-15)8-6-9-16(18)29-19(13)21(28)24-17-10-3-5-12-23-17/h2-5,7,10-12H,6,8-9H2,1H3,(H,26,27)(H,23,24,28)/b25-14+. The first-order valence-electron chi connectivity index (χ1n) is 9.26. The number of anilines is 1. The molecule has 4 rings (SSSR count). The van der Waals surface area contributed by atoms with E-state index < -0.39 is 0 Å². The summed E-state index contributed by atoms with van der Waals surface area (Å²) < 4.78 is 5.85. The van der Waals surface area contributed by atoms with Crippen LogP contribution in [0.4, 0.5) is 5.82 Å². The van der Waals surface area contributed by atoms with Crippen LogP contribution in [0.1, 0.15) is 50.8 Å². The molecular weight excluding hydrogens is 370 g/mol. The molecule has 29 heavy (non-hydrogen) atoms. The second-order valence-corrected chi connectivity index (χ2v) is 6.59. The highest BCUT2D eigenvalue weighted by Gasteiger charge is 2.28. The van der Waals surface area contributed by atoms with Gasteiger partial charge in [-0.3, -0.25) is 14.6 Å². The minimum atomic E-state index is -0.389. The van der Waals surface area contributed by atoms with Gasteiger partial charge in [0.1, 0.15) is 17.3 Å². The minimum Gasteiger partial charge on any atom is -0.455 e. The third-order valence-corrected chi connectivity index (χ3v) is 4.63. The van der Waals surface area contributed by atoms with E-state index in [2.05, 4.69) is 25.8 Å². The van der Waals surface area contributed by atoms with E-state index in [1.54, 1.807) is 48.8 Å². The molecule has 146 valence electrons. The first-order valence-corrected chi connectivity index (χ1v) is 9.26. The summed E-state index contributed by atoms with van der Waals surface area (Å²) in [6.45, 7) is 1.82. The first-order chi connectivity index (χ1) is 14.1. The fourth-order valence-corrected chi connectivity index (χ4v) is 3.28. The van der Waals surface area contributed by atoms with Gasteiger partial charge < -0.3 is 9.73 Å². The van der Waals surface area contributed by atoms with Crippen molar-refractivity contribution in [2.75, 3.05) is 5.32 Å². The molecule has 0 saturated carbocycles. The molecule has 2 N–H and O–H groups in total. The molecule has 0 fully saturated rings. The highest BCUT2D eigenvalue weighted by atomic mass is 16.4. The lowest BCUT2D eigenvalue weighted by atomic mass is 9.93. The van der Waals surface area contributed by atoms with Crippen LogP contribution in [0, 0.1) is 6.92 Å². The molecule has 3 aromatic rings. The van der Waals surface area contributed by atoms with Crippen LogP contribution in [-0.4, -0.2) is 27.5 Å². The number of nitrogens with one attached hydrogen (secondary N) is 2. The lowest BCUT2D eigenvalue weighted by molar-refractivity contribution is 0.0948. The van der Waals surface area contributed by atoms with E-state index in [0.29, 0.717) is 35.7 Å². The van der Waals surface area contributed by atoms with E-state index >= 15 is 0 Å². The fourth-order valence-electron chi connectivity index (χ4n) is 3.28. The summed E-state index contributed by atoms with van der Waals surface area (Å²) in [5.41, 5.74) is 5.00. The number of carbonyl (C=O) groups excluding carboxylic acids is 2. The topological polar surface area (TPSA) is 109 Å². The summed E-state index contributed by atoms with van der Waals surface area (Å²) in [6, 6.07) is 10.4. The summed E-state index contributed by atoms with van der Waals surface area (Å²) in [7, 11) is 0. The second kappa shape index (κ2) is 8.05. The molecule has 2 amide bonds. The molecule has 0 aliphatic heterocycles. The van der Waals surface area contributed by atoms with Crippen molar-refractivity contribution in [2.24, 2.45) is 5.10 Å². The van der Waals surface area contributed by atoms with Gasteiger partial charge in [-0.15, -0.1) is 0 Å². The van der Waals surface area contributed by atoms with E-state index in [0.717, 1.165) is 12.0 Å². The van der Waals surface area contributed by atoms with Crippen LogP contribution in [0.2, 0.25) is 0 Å². The second-order valence-electron chi connectivity index (χ2n) is 6.59. The fraction of sp³-hybridized carbons (Fsp3) is 0.190. The van der Waals surface area contributed by atoms with Gasteiger partial charge in [-0.05, 0) is 44.0 Å². The number of pyridine rings is 2. The van der Waals surface area contributed by atoms with E-state index in [9.17, 15) is 9.59 Å². The van der Waals surface area contributed by atoms with Crippen molar-refractivity contribution in [3.8, 4) is 0 Å². The minimum absolute atomic E-state index is 0.228. The average Bonchev–Trinajstić information content (AvgIpc) is 3.10. The van der Waals surface area contributed by atoms with Gasteiger partial charge in [0, 0.05) is 29.9 Å². The van der Waals surface area contributed by atoms with Gasteiger partial charge in [0.15, 0.2) is 5.76 Å². The Labute approximate surface area is 167 Å². The number of carbonyl (C=O) groups is 2. The molecule has 0 bridgehead atoms. The Morgan fingerprint density at radius 1 is 1.03 bits per heavy atom. The Morgan fingerprint density at radius 3 is 2.55 bits per heavy atom. The molecule has 0 spiro atoms. The highest BCUT2D eigenvalue weighted by molar-refractivity contribution is 6.09. The van der Waals surface area contributed by atoms with Crippen molar-refractivity contribution < 1.29 is 14.0 Å². The maximum atomic E-state index is 12.6. The van der Waals surface area contributed by atoms with Crippen LogP contribution >= 0.6 is 0 Å². The quantitative estimate of drug-likeness (QED) is 0.667. The normalized spacial score (nSPS) is 14.3. The van der Waals surface area contributed by atoms with Gasteiger partial charge in [0.2, 0.25) is 0 Å². The smallest absolute Gasteiger partial charge is 0.292 e. The van der Waals surface area contributed by atoms with Crippen molar-refractivity contribution >= 4 is 23.3 Å². The molecule has 3 heterocycles. The summed E-state index contributed by atoms with van der Waals surface area (Å²) in [4.78, 5) is 33.0. The monoisotopic (exact) mass is 389 g/mol. The number of furan rings is 1. The molecule has 8 nitrogen and oxygen atoms in total. The molecule has 3 aromatic heterocycles. The summed E-state index contributed by atoms with van der Waals surface area (Å²) >= 11 is 0. The largest absolute Gasteiger partial charge is 0.455 e. The predicted octanol–water partition coefficient (Wildman–Crippen LogP) is 3.10. The zero-order valence-corrected chi connectivity index (χ0v) is 15.8. The van der Waals surface area contributed by atoms with Crippen molar-refractivity contribution in [3.05, 3.63) is 77.1 Å². The zero-order valence-electron chi connectivity index (χ0n) is 15.8. The first kappa shape index (κ1) is 18.5. The molecule has 8 heteroatoms. The number of nitrogens with zero attached hydrogens (tertiary/aromatic N) is 3. The van der Waals surface area contributed by atoms with Crippen LogP contribution in [0.5, 0.6) is 0 Å². The van der Waals surface area contributed by atoms with Crippen LogP contribution < -0.4 is 10.7 Å². The van der Waals surface area contributed by atoms with Crippen LogP contribution in [0.3, 0.4) is 0 Å². The van der Waals surface area contributed by atoms with Gasteiger partial charge in [-0.25, -0.2) is 10.4 Å². The summed E-state index contributed by atoms with van der Waals surface area (Å²) in [6.07, 6.45) is 5.36. The molecule has 1 aliphatic rings. The predicted molar refractivity (Wildman–Crippen MR) is 107 cm³/mol. The van der Waals surface area contributed by atoms with Crippen LogP contribution in [0.15, 0.2) is 58.3 Å². The molecule has 0 saturated heterocycles. The van der Waals surface area contributed by atoms with E-state index in [1.807, 2.05) is 6.92 Å². The Morgan fingerprint density at radius 2 is 1.83 bits per heavy atom. The third-order valence-electron chi connectivity index (χ3n) is 4.63. The molecule has 0 aromatic carbocycles.